The van der Waals surface area contributed by atoms with Crippen molar-refractivity contribution >= 4 is 40.7 Å². The van der Waals surface area contributed by atoms with Crippen LogP contribution in [-0.2, 0) is 27.6 Å². The fraction of sp³-hybridized carbons (Fsp3) is 0.471. The van der Waals surface area contributed by atoms with Gasteiger partial charge in [0, 0.05) is 30.2 Å². The highest BCUT2D eigenvalue weighted by atomic mass is 32.2. The van der Waals surface area contributed by atoms with Crippen LogP contribution in [0.4, 0.5) is 5.82 Å². The molecule has 1 atom stereocenters. The zero-order valence-corrected chi connectivity index (χ0v) is 15.8. The molecule has 0 aromatic carbocycles. The number of nitrogens with one attached hydrogen (secondary N) is 2. The summed E-state index contributed by atoms with van der Waals surface area (Å²) in [6.45, 7) is 1.37. The average Bonchev–Trinajstić information content (AvgIpc) is 3.40. The lowest BCUT2D eigenvalue weighted by molar-refractivity contribution is -0.122. The monoisotopic (exact) mass is 392 g/mol. The Hall–Kier alpha value is -1.84. The van der Waals surface area contributed by atoms with Crippen molar-refractivity contribution in [3.05, 3.63) is 33.6 Å². The van der Waals surface area contributed by atoms with Crippen LogP contribution in [-0.4, -0.2) is 40.9 Å². The van der Waals surface area contributed by atoms with Gasteiger partial charge in [-0.25, -0.2) is 4.68 Å². The summed E-state index contributed by atoms with van der Waals surface area (Å²) in [6.07, 6.45) is 2.13. The first-order chi connectivity index (χ1) is 12.7. The number of ether oxygens (including phenoxy) is 1. The Morgan fingerprint density at radius 1 is 1.38 bits per heavy atom. The Balaban J connectivity index is 1.45. The van der Waals surface area contributed by atoms with Gasteiger partial charge < -0.3 is 15.4 Å². The molecular weight excluding hydrogens is 372 g/mol. The summed E-state index contributed by atoms with van der Waals surface area (Å²) in [5.41, 5.74) is 1.97. The molecule has 2 aliphatic heterocycles. The Morgan fingerprint density at radius 2 is 2.31 bits per heavy atom. The molecule has 0 saturated carbocycles. The number of aromatic nitrogens is 2. The predicted octanol–water partition coefficient (Wildman–Crippen LogP) is 2.24. The van der Waals surface area contributed by atoms with Crippen LogP contribution >= 0.6 is 23.1 Å². The summed E-state index contributed by atoms with van der Waals surface area (Å²) >= 11 is 3.15. The van der Waals surface area contributed by atoms with Crippen molar-refractivity contribution in [2.24, 2.45) is 0 Å². The molecule has 1 fully saturated rings. The predicted molar refractivity (Wildman–Crippen MR) is 101 cm³/mol. The average molecular weight is 393 g/mol. The minimum absolute atomic E-state index is 0.0877. The smallest absolute Gasteiger partial charge is 0.266 e. The summed E-state index contributed by atoms with van der Waals surface area (Å²) in [4.78, 5) is 25.4. The highest BCUT2D eigenvalue weighted by molar-refractivity contribution is 7.98. The molecule has 0 radical (unpaired) electrons. The van der Waals surface area contributed by atoms with Crippen molar-refractivity contribution in [3.8, 4) is 0 Å². The van der Waals surface area contributed by atoms with Crippen molar-refractivity contribution in [1.29, 1.82) is 0 Å². The fourth-order valence-corrected chi connectivity index (χ4v) is 4.78. The van der Waals surface area contributed by atoms with Crippen molar-refractivity contribution < 1.29 is 14.3 Å². The second-order valence-corrected chi connectivity index (χ2v) is 8.23. The van der Waals surface area contributed by atoms with Crippen LogP contribution in [0, 0.1) is 0 Å². The van der Waals surface area contributed by atoms with Gasteiger partial charge in [-0.1, -0.05) is 6.07 Å². The lowest BCUT2D eigenvalue weighted by Crippen LogP contribution is -2.34. The largest absolute Gasteiger partial charge is 0.376 e. The number of carbonyl (C=O) groups is 2. The van der Waals surface area contributed by atoms with Crippen LogP contribution in [0.25, 0.3) is 0 Å². The molecule has 0 spiro atoms. The van der Waals surface area contributed by atoms with Gasteiger partial charge in [-0.3, -0.25) is 9.59 Å². The van der Waals surface area contributed by atoms with Crippen molar-refractivity contribution in [2.75, 3.05) is 18.5 Å². The standard InChI is InChI=1S/C17H20N4O3S2/c22-15(18-7-11-3-1-5-24-11)8-21-16(12-9-25-10-13(12)20-21)19-17(23)14-4-2-6-26-14/h2,4,6,11H,1,3,5,7-10H2,(H,18,22)(H,19,23)/t11-/m1/s1. The number of thioether (sulfide) groups is 1. The molecule has 0 unspecified atom stereocenters. The number of nitrogens with zero attached hydrogens (tertiary/aromatic N) is 2. The highest BCUT2D eigenvalue weighted by Crippen LogP contribution is 2.35. The summed E-state index contributed by atoms with van der Waals surface area (Å²) < 4.78 is 7.14. The lowest BCUT2D eigenvalue weighted by atomic mass is 10.2. The molecular formula is C17H20N4O3S2. The van der Waals surface area contributed by atoms with Gasteiger partial charge in [0.05, 0.1) is 16.7 Å². The number of amides is 2. The zero-order valence-electron chi connectivity index (χ0n) is 14.2. The Morgan fingerprint density at radius 3 is 3.08 bits per heavy atom. The third-order valence-corrected chi connectivity index (χ3v) is 6.28. The zero-order chi connectivity index (χ0) is 17.9. The van der Waals surface area contributed by atoms with E-state index in [9.17, 15) is 9.59 Å². The highest BCUT2D eigenvalue weighted by Gasteiger charge is 2.25. The van der Waals surface area contributed by atoms with Gasteiger partial charge in [0.1, 0.15) is 12.4 Å². The molecule has 26 heavy (non-hydrogen) atoms. The molecule has 2 aromatic rings. The number of anilines is 1. The van der Waals surface area contributed by atoms with E-state index in [0.29, 0.717) is 17.2 Å². The fourth-order valence-electron chi connectivity index (χ4n) is 3.12. The first kappa shape index (κ1) is 17.6. The first-order valence-corrected chi connectivity index (χ1v) is 10.6. The Bertz CT molecular complexity index is 797. The molecule has 0 aliphatic carbocycles. The maximum Gasteiger partial charge on any atom is 0.266 e. The third kappa shape index (κ3) is 3.79. The molecule has 2 amide bonds. The molecule has 7 nitrogen and oxygen atoms in total. The maximum absolute atomic E-state index is 12.4. The van der Waals surface area contributed by atoms with Crippen molar-refractivity contribution in [2.45, 2.75) is 37.0 Å². The van der Waals surface area contributed by atoms with Crippen LogP contribution in [0.5, 0.6) is 0 Å². The van der Waals surface area contributed by atoms with E-state index in [1.54, 1.807) is 22.5 Å². The van der Waals surface area contributed by atoms with E-state index in [2.05, 4.69) is 15.7 Å². The molecule has 9 heteroatoms. The molecule has 4 heterocycles. The van der Waals surface area contributed by atoms with Gasteiger partial charge >= 0.3 is 0 Å². The number of rotatable bonds is 6. The van der Waals surface area contributed by atoms with Crippen molar-refractivity contribution in [3.63, 3.8) is 0 Å². The second-order valence-electron chi connectivity index (χ2n) is 6.29. The lowest BCUT2D eigenvalue weighted by Gasteiger charge is -2.13. The normalized spacial score (nSPS) is 18.7. The van der Waals surface area contributed by atoms with Crippen molar-refractivity contribution in [1.82, 2.24) is 15.1 Å². The summed E-state index contributed by atoms with van der Waals surface area (Å²) in [5.74, 6) is 1.95. The quantitative estimate of drug-likeness (QED) is 0.788. The molecule has 138 valence electrons. The van der Waals surface area contributed by atoms with E-state index in [-0.39, 0.29) is 24.5 Å². The van der Waals surface area contributed by atoms with E-state index in [4.69, 9.17) is 4.74 Å². The summed E-state index contributed by atoms with van der Waals surface area (Å²) in [5, 5.41) is 12.3. The number of fused-ring (bicyclic) bond motifs is 1. The van der Waals surface area contributed by atoms with E-state index in [1.165, 1.54) is 11.3 Å². The van der Waals surface area contributed by atoms with E-state index in [1.807, 2.05) is 11.4 Å². The van der Waals surface area contributed by atoms with Gasteiger partial charge in [0.25, 0.3) is 5.91 Å². The molecule has 2 aliphatic rings. The molecule has 2 aromatic heterocycles. The third-order valence-electron chi connectivity index (χ3n) is 4.44. The first-order valence-electron chi connectivity index (χ1n) is 8.60. The van der Waals surface area contributed by atoms with E-state index in [0.717, 1.165) is 42.2 Å². The van der Waals surface area contributed by atoms with Gasteiger partial charge in [-0.05, 0) is 24.3 Å². The Kier molecular flexibility index (Phi) is 5.28. The van der Waals surface area contributed by atoms with Gasteiger partial charge in [0.2, 0.25) is 5.91 Å². The summed E-state index contributed by atoms with van der Waals surface area (Å²) in [6, 6.07) is 3.62. The minimum atomic E-state index is -0.166. The van der Waals surface area contributed by atoms with Crippen LogP contribution in [0.1, 0.15) is 33.8 Å². The summed E-state index contributed by atoms with van der Waals surface area (Å²) in [7, 11) is 0. The molecule has 2 N–H and O–H groups in total. The van der Waals surface area contributed by atoms with Gasteiger partial charge in [0.15, 0.2) is 0 Å². The van der Waals surface area contributed by atoms with Gasteiger partial charge in [-0.2, -0.15) is 16.9 Å². The van der Waals surface area contributed by atoms with Gasteiger partial charge in [-0.15, -0.1) is 11.3 Å². The van der Waals surface area contributed by atoms with Crippen LogP contribution in [0.3, 0.4) is 0 Å². The number of hydrogen-bond acceptors (Lipinski definition) is 6. The molecule has 4 rings (SSSR count). The second kappa shape index (κ2) is 7.81. The number of carbonyl (C=O) groups excluding carboxylic acids is 2. The number of hydrogen-bond donors (Lipinski definition) is 2. The SMILES string of the molecule is O=C(Cn1nc2c(c1NC(=O)c1cccs1)CSC2)NC[C@H]1CCCO1. The maximum atomic E-state index is 12.4. The van der Waals surface area contributed by atoms with Crippen LogP contribution in [0.2, 0.25) is 0 Å². The van der Waals surface area contributed by atoms with E-state index < -0.39 is 0 Å². The van der Waals surface area contributed by atoms with E-state index >= 15 is 0 Å². The molecule has 1 saturated heterocycles. The van der Waals surface area contributed by atoms with Crippen LogP contribution < -0.4 is 10.6 Å². The Labute approximate surface area is 159 Å². The topological polar surface area (TPSA) is 85.2 Å². The minimum Gasteiger partial charge on any atom is -0.376 e. The van der Waals surface area contributed by atoms with Crippen LogP contribution in [0.15, 0.2) is 17.5 Å². The molecule has 0 bridgehead atoms. The number of thiophene rings is 1.